The lowest BCUT2D eigenvalue weighted by atomic mass is 10.2. The van der Waals surface area contributed by atoms with Crippen molar-refractivity contribution in [3.8, 4) is 0 Å². The Balaban J connectivity index is 2.58. The van der Waals surface area contributed by atoms with E-state index in [1.54, 1.807) is 0 Å². The molecule has 1 atom stereocenters. The molecule has 0 aliphatic rings. The van der Waals surface area contributed by atoms with Crippen molar-refractivity contribution in [2.75, 3.05) is 24.7 Å². The molecule has 0 bridgehead atoms. The fourth-order valence-corrected chi connectivity index (χ4v) is 2.30. The van der Waals surface area contributed by atoms with Gasteiger partial charge in [0.2, 0.25) is 0 Å². The topological polar surface area (TPSA) is 3.24 Å². The van der Waals surface area contributed by atoms with Crippen LogP contribution in [-0.4, -0.2) is 19.8 Å². The predicted octanol–water partition coefficient (Wildman–Crippen LogP) is 3.89. The average Bonchev–Trinajstić information content (AvgIpc) is 2.26. The maximum atomic E-state index is 2.31. The molecule has 1 nitrogen and oxygen atoms in total. The molecule has 2 heteroatoms. The summed E-state index contributed by atoms with van der Waals surface area (Å²) in [5.74, 6) is 2.02. The molecular weight excluding hydrogens is 202 g/mol. The summed E-state index contributed by atoms with van der Waals surface area (Å²) in [5.41, 5.74) is 1.28. The number of anilines is 1. The van der Waals surface area contributed by atoms with Crippen molar-refractivity contribution in [1.29, 1.82) is 0 Å². The summed E-state index contributed by atoms with van der Waals surface area (Å²) >= 11 is 1.96. The van der Waals surface area contributed by atoms with E-state index in [1.807, 2.05) is 11.8 Å². The number of hydrogen-bond donors (Lipinski definition) is 0. The Bertz CT molecular complexity index is 296. The van der Waals surface area contributed by atoms with Gasteiger partial charge in [-0.1, -0.05) is 26.3 Å². The summed E-state index contributed by atoms with van der Waals surface area (Å²) in [6.07, 6.45) is 1.26. The van der Waals surface area contributed by atoms with Crippen LogP contribution in [-0.2, 0) is 0 Å². The molecule has 1 unspecified atom stereocenters. The number of thioether (sulfide) groups is 1. The van der Waals surface area contributed by atoms with E-state index in [0.717, 1.165) is 5.92 Å². The molecule has 0 radical (unpaired) electrons. The first-order valence-corrected chi connectivity index (χ1v) is 6.52. The van der Waals surface area contributed by atoms with Gasteiger partial charge in [0.15, 0.2) is 0 Å². The molecule has 1 rings (SSSR count). The smallest absolute Gasteiger partial charge is 0.0372 e. The SMILES string of the molecule is CCC(C)CSc1cccc(N(C)C)c1. The second kappa shape index (κ2) is 6.06. The predicted molar refractivity (Wildman–Crippen MR) is 70.9 cm³/mol. The Kier molecular flexibility index (Phi) is 5.03. The average molecular weight is 223 g/mol. The molecule has 0 saturated carbocycles. The van der Waals surface area contributed by atoms with E-state index in [0.29, 0.717) is 0 Å². The molecule has 0 N–H and O–H groups in total. The maximum Gasteiger partial charge on any atom is 0.0372 e. The lowest BCUT2D eigenvalue weighted by Gasteiger charge is -2.14. The van der Waals surface area contributed by atoms with Gasteiger partial charge in [0.05, 0.1) is 0 Å². The minimum Gasteiger partial charge on any atom is -0.378 e. The van der Waals surface area contributed by atoms with E-state index >= 15 is 0 Å². The molecule has 0 amide bonds. The van der Waals surface area contributed by atoms with Gasteiger partial charge in [-0.25, -0.2) is 0 Å². The van der Waals surface area contributed by atoms with Crippen LogP contribution in [0.4, 0.5) is 5.69 Å². The van der Waals surface area contributed by atoms with Gasteiger partial charge in [-0.3, -0.25) is 0 Å². The number of benzene rings is 1. The first-order valence-electron chi connectivity index (χ1n) is 5.53. The molecule has 0 aliphatic heterocycles. The van der Waals surface area contributed by atoms with Gasteiger partial charge in [0, 0.05) is 30.4 Å². The molecule has 0 spiro atoms. The van der Waals surface area contributed by atoms with Crippen molar-refractivity contribution in [3.05, 3.63) is 24.3 Å². The molecule has 0 saturated heterocycles. The Morgan fingerprint density at radius 1 is 1.33 bits per heavy atom. The van der Waals surface area contributed by atoms with Gasteiger partial charge < -0.3 is 4.90 Å². The zero-order valence-corrected chi connectivity index (χ0v) is 11.0. The fraction of sp³-hybridized carbons (Fsp3) is 0.538. The molecule has 0 heterocycles. The van der Waals surface area contributed by atoms with E-state index in [2.05, 4.69) is 57.1 Å². The minimum atomic E-state index is 0.804. The second-order valence-corrected chi connectivity index (χ2v) is 5.31. The van der Waals surface area contributed by atoms with Crippen LogP contribution in [0.3, 0.4) is 0 Å². The van der Waals surface area contributed by atoms with E-state index in [-0.39, 0.29) is 0 Å². The van der Waals surface area contributed by atoms with E-state index in [1.165, 1.54) is 22.8 Å². The second-order valence-electron chi connectivity index (χ2n) is 4.22. The largest absolute Gasteiger partial charge is 0.378 e. The molecule has 1 aromatic rings. The highest BCUT2D eigenvalue weighted by Crippen LogP contribution is 2.25. The summed E-state index contributed by atoms with van der Waals surface area (Å²) in [7, 11) is 4.16. The number of hydrogen-bond acceptors (Lipinski definition) is 2. The lowest BCUT2D eigenvalue weighted by molar-refractivity contribution is 0.637. The van der Waals surface area contributed by atoms with Crippen LogP contribution < -0.4 is 4.90 Å². The van der Waals surface area contributed by atoms with Crippen LogP contribution in [0.5, 0.6) is 0 Å². The van der Waals surface area contributed by atoms with E-state index in [4.69, 9.17) is 0 Å². The lowest BCUT2D eigenvalue weighted by Crippen LogP contribution is -2.08. The molecule has 1 aromatic carbocycles. The van der Waals surface area contributed by atoms with Gasteiger partial charge in [-0.15, -0.1) is 11.8 Å². The Morgan fingerprint density at radius 2 is 2.07 bits per heavy atom. The molecule has 15 heavy (non-hydrogen) atoms. The summed E-state index contributed by atoms with van der Waals surface area (Å²) in [6.45, 7) is 4.56. The maximum absolute atomic E-state index is 2.31. The Hall–Kier alpha value is -0.630. The zero-order valence-electron chi connectivity index (χ0n) is 10.2. The third-order valence-corrected chi connectivity index (χ3v) is 3.89. The fourth-order valence-electron chi connectivity index (χ4n) is 1.21. The summed E-state index contributed by atoms with van der Waals surface area (Å²) in [6, 6.07) is 8.73. The third kappa shape index (κ3) is 4.17. The summed E-state index contributed by atoms with van der Waals surface area (Å²) < 4.78 is 0. The first kappa shape index (κ1) is 12.4. The van der Waals surface area contributed by atoms with Gasteiger partial charge in [0.1, 0.15) is 0 Å². The van der Waals surface area contributed by atoms with E-state index in [9.17, 15) is 0 Å². The quantitative estimate of drug-likeness (QED) is 0.697. The highest BCUT2D eigenvalue weighted by Gasteiger charge is 2.02. The van der Waals surface area contributed by atoms with Gasteiger partial charge >= 0.3 is 0 Å². The van der Waals surface area contributed by atoms with Crippen LogP contribution >= 0.6 is 11.8 Å². The zero-order chi connectivity index (χ0) is 11.3. The minimum absolute atomic E-state index is 0.804. The molecule has 0 aromatic heterocycles. The highest BCUT2D eigenvalue weighted by molar-refractivity contribution is 7.99. The number of rotatable bonds is 5. The van der Waals surface area contributed by atoms with Crippen molar-refractivity contribution in [1.82, 2.24) is 0 Å². The molecule has 84 valence electrons. The van der Waals surface area contributed by atoms with Crippen molar-refractivity contribution < 1.29 is 0 Å². The summed E-state index contributed by atoms with van der Waals surface area (Å²) in [4.78, 5) is 3.52. The van der Waals surface area contributed by atoms with E-state index < -0.39 is 0 Å². The monoisotopic (exact) mass is 223 g/mol. The normalized spacial score (nSPS) is 12.5. The van der Waals surface area contributed by atoms with Crippen LogP contribution in [0, 0.1) is 5.92 Å². The summed E-state index contributed by atoms with van der Waals surface area (Å²) in [5, 5.41) is 0. The van der Waals surface area contributed by atoms with Crippen LogP contribution in [0.25, 0.3) is 0 Å². The van der Waals surface area contributed by atoms with Crippen molar-refractivity contribution in [3.63, 3.8) is 0 Å². The standard InChI is InChI=1S/C13H21NS/c1-5-11(2)10-15-13-8-6-7-12(9-13)14(3)4/h6-9,11H,5,10H2,1-4H3. The third-order valence-electron chi connectivity index (χ3n) is 2.57. The first-order chi connectivity index (χ1) is 7.13. The molecular formula is C13H21NS. The van der Waals surface area contributed by atoms with Gasteiger partial charge in [-0.05, 0) is 24.1 Å². The molecule has 0 aliphatic carbocycles. The van der Waals surface area contributed by atoms with Crippen LogP contribution in [0.2, 0.25) is 0 Å². The van der Waals surface area contributed by atoms with Crippen LogP contribution in [0.1, 0.15) is 20.3 Å². The van der Waals surface area contributed by atoms with Crippen molar-refractivity contribution >= 4 is 17.4 Å². The Morgan fingerprint density at radius 3 is 2.67 bits per heavy atom. The molecule has 0 fully saturated rings. The Labute approximate surface area is 97.9 Å². The highest BCUT2D eigenvalue weighted by atomic mass is 32.2. The van der Waals surface area contributed by atoms with Crippen LogP contribution in [0.15, 0.2) is 29.2 Å². The van der Waals surface area contributed by atoms with Crippen molar-refractivity contribution in [2.45, 2.75) is 25.2 Å². The number of nitrogens with zero attached hydrogens (tertiary/aromatic N) is 1. The van der Waals surface area contributed by atoms with Gasteiger partial charge in [0.25, 0.3) is 0 Å². The van der Waals surface area contributed by atoms with Gasteiger partial charge in [-0.2, -0.15) is 0 Å². The van der Waals surface area contributed by atoms with Crippen molar-refractivity contribution in [2.24, 2.45) is 5.92 Å².